The van der Waals surface area contributed by atoms with E-state index in [0.717, 1.165) is 5.56 Å². The molecule has 0 saturated heterocycles. The molecule has 0 heterocycles. The van der Waals surface area contributed by atoms with Crippen LogP contribution in [-0.4, -0.2) is 0 Å². The topological polar surface area (TPSA) is 0 Å². The Kier molecular flexibility index (Phi) is 2.31. The smallest absolute Gasteiger partial charge is 0.140 e. The van der Waals surface area contributed by atoms with Gasteiger partial charge in [-0.2, -0.15) is 0 Å². The highest BCUT2D eigenvalue weighted by atomic mass is 79.9. The normalized spacial score (nSPS) is 9.27. The van der Waals surface area contributed by atoms with Crippen LogP contribution in [0.1, 0.15) is 11.1 Å². The van der Waals surface area contributed by atoms with Gasteiger partial charge in [-0.25, -0.2) is 4.39 Å². The van der Waals surface area contributed by atoms with Gasteiger partial charge < -0.3 is 0 Å². The third-order valence-electron chi connectivity index (χ3n) is 1.40. The van der Waals surface area contributed by atoms with E-state index in [-0.39, 0.29) is 5.82 Å². The first-order valence-electron chi connectivity index (χ1n) is 3.07. The average Bonchev–Trinajstić information content (AvgIpc) is 1.85. The maximum Gasteiger partial charge on any atom is 0.140 e. The molecule has 56 valence electrons. The third-order valence-corrected chi connectivity index (χ3v) is 1.85. The Bertz CT molecular complexity index is 300. The van der Waals surface area contributed by atoms with Crippen molar-refractivity contribution in [1.29, 1.82) is 0 Å². The Balaban J connectivity index is 3.40. The molecule has 0 aliphatic carbocycles. The highest BCUT2D eigenvalue weighted by Crippen LogP contribution is 2.18. The molecule has 1 aromatic rings. The van der Waals surface area contributed by atoms with E-state index < -0.39 is 0 Å². The Hall–Kier alpha value is -0.810. The molecule has 0 bridgehead atoms. The zero-order valence-electron chi connectivity index (χ0n) is 5.99. The van der Waals surface area contributed by atoms with Crippen LogP contribution >= 0.6 is 15.9 Å². The van der Waals surface area contributed by atoms with Crippen LogP contribution < -0.4 is 0 Å². The van der Waals surface area contributed by atoms with E-state index in [0.29, 0.717) is 10.0 Å². The van der Waals surface area contributed by atoms with Crippen LogP contribution in [0.2, 0.25) is 0 Å². The Morgan fingerprint density at radius 3 is 2.64 bits per heavy atom. The van der Waals surface area contributed by atoms with Crippen LogP contribution in [-0.2, 0) is 0 Å². The van der Waals surface area contributed by atoms with Gasteiger partial charge in [-0.05, 0) is 24.6 Å². The molecule has 0 aliphatic heterocycles. The molecule has 0 N–H and O–H groups in total. The van der Waals surface area contributed by atoms with Crippen LogP contribution in [0.15, 0.2) is 16.6 Å². The van der Waals surface area contributed by atoms with Gasteiger partial charge >= 0.3 is 0 Å². The van der Waals surface area contributed by atoms with E-state index >= 15 is 0 Å². The molecule has 0 radical (unpaired) electrons. The highest BCUT2D eigenvalue weighted by molar-refractivity contribution is 9.10. The summed E-state index contributed by atoms with van der Waals surface area (Å²) in [7, 11) is 0. The number of terminal acetylenes is 1. The van der Waals surface area contributed by atoms with Crippen LogP contribution in [0.25, 0.3) is 0 Å². The summed E-state index contributed by atoms with van der Waals surface area (Å²) in [5.74, 6) is 1.95. The second kappa shape index (κ2) is 3.06. The fourth-order valence-electron chi connectivity index (χ4n) is 0.885. The summed E-state index contributed by atoms with van der Waals surface area (Å²) < 4.78 is 13.7. The molecular formula is C9H6BrF. The maximum atomic E-state index is 12.9. The van der Waals surface area contributed by atoms with Gasteiger partial charge in [0.25, 0.3) is 0 Å². The molecule has 1 aromatic carbocycles. The summed E-state index contributed by atoms with van der Waals surface area (Å²) in [6.45, 7) is 1.78. The Morgan fingerprint density at radius 1 is 1.55 bits per heavy atom. The summed E-state index contributed by atoms with van der Waals surface area (Å²) in [5.41, 5.74) is 1.12. The molecule has 0 atom stereocenters. The highest BCUT2D eigenvalue weighted by Gasteiger charge is 2.03. The summed E-state index contributed by atoms with van der Waals surface area (Å²) >= 11 is 3.17. The van der Waals surface area contributed by atoms with Crippen molar-refractivity contribution in [1.82, 2.24) is 0 Å². The predicted molar refractivity (Wildman–Crippen MR) is 46.8 cm³/mol. The number of hydrogen-bond acceptors (Lipinski definition) is 0. The van der Waals surface area contributed by atoms with Crippen molar-refractivity contribution in [2.75, 3.05) is 0 Å². The standard InChI is InChI=1S/C9H6BrF/c1-3-8-6(2)4-7(10)5-9(8)11/h1,4-5H,2H3. The molecule has 0 amide bonds. The Morgan fingerprint density at radius 2 is 2.18 bits per heavy atom. The number of halogens is 2. The molecule has 0 aliphatic rings. The number of benzene rings is 1. The van der Waals surface area contributed by atoms with Gasteiger partial charge in [0.1, 0.15) is 5.82 Å². The molecule has 2 heteroatoms. The number of rotatable bonds is 0. The maximum absolute atomic E-state index is 12.9. The predicted octanol–water partition coefficient (Wildman–Crippen LogP) is 2.88. The zero-order chi connectivity index (χ0) is 8.43. The molecule has 0 aromatic heterocycles. The lowest BCUT2D eigenvalue weighted by molar-refractivity contribution is 0.622. The Labute approximate surface area is 73.6 Å². The van der Waals surface area contributed by atoms with Crippen molar-refractivity contribution in [3.05, 3.63) is 33.5 Å². The summed E-state index contributed by atoms with van der Waals surface area (Å²) in [4.78, 5) is 0. The first-order valence-corrected chi connectivity index (χ1v) is 3.86. The van der Waals surface area contributed by atoms with E-state index in [4.69, 9.17) is 6.42 Å². The molecule has 0 fully saturated rings. The summed E-state index contributed by atoms with van der Waals surface area (Å²) in [6, 6.07) is 3.15. The van der Waals surface area contributed by atoms with Gasteiger partial charge in [0, 0.05) is 4.47 Å². The van der Waals surface area contributed by atoms with E-state index in [9.17, 15) is 4.39 Å². The van der Waals surface area contributed by atoms with E-state index in [1.165, 1.54) is 6.07 Å². The number of aryl methyl sites for hydroxylation is 1. The molecule has 1 rings (SSSR count). The summed E-state index contributed by atoms with van der Waals surface area (Å²) in [6.07, 6.45) is 5.10. The van der Waals surface area contributed by atoms with Crippen molar-refractivity contribution < 1.29 is 4.39 Å². The zero-order valence-corrected chi connectivity index (χ0v) is 7.57. The van der Waals surface area contributed by atoms with E-state index in [2.05, 4.69) is 21.9 Å². The van der Waals surface area contributed by atoms with Gasteiger partial charge in [0.2, 0.25) is 0 Å². The van der Waals surface area contributed by atoms with Crippen molar-refractivity contribution in [3.8, 4) is 12.3 Å². The van der Waals surface area contributed by atoms with Gasteiger partial charge in [0.05, 0.1) is 5.56 Å². The molecular weight excluding hydrogens is 207 g/mol. The van der Waals surface area contributed by atoms with Crippen molar-refractivity contribution >= 4 is 15.9 Å². The second-order valence-electron chi connectivity index (χ2n) is 2.22. The van der Waals surface area contributed by atoms with E-state index in [1.807, 2.05) is 0 Å². The van der Waals surface area contributed by atoms with Crippen LogP contribution in [0.3, 0.4) is 0 Å². The molecule has 11 heavy (non-hydrogen) atoms. The lowest BCUT2D eigenvalue weighted by Gasteiger charge is -1.99. The molecule has 0 saturated carbocycles. The fraction of sp³-hybridized carbons (Fsp3) is 0.111. The van der Waals surface area contributed by atoms with E-state index in [1.54, 1.807) is 13.0 Å². The van der Waals surface area contributed by atoms with Crippen LogP contribution in [0.5, 0.6) is 0 Å². The van der Waals surface area contributed by atoms with Crippen molar-refractivity contribution in [2.45, 2.75) is 6.92 Å². The second-order valence-corrected chi connectivity index (χ2v) is 3.14. The number of hydrogen-bond donors (Lipinski definition) is 0. The quantitative estimate of drug-likeness (QED) is 0.581. The molecule has 0 nitrogen and oxygen atoms in total. The first kappa shape index (κ1) is 8.29. The molecule has 0 spiro atoms. The van der Waals surface area contributed by atoms with Gasteiger partial charge in [-0.3, -0.25) is 0 Å². The van der Waals surface area contributed by atoms with Gasteiger partial charge in [0.15, 0.2) is 0 Å². The van der Waals surface area contributed by atoms with Crippen molar-refractivity contribution in [3.63, 3.8) is 0 Å². The van der Waals surface area contributed by atoms with Crippen molar-refractivity contribution in [2.24, 2.45) is 0 Å². The minimum absolute atomic E-state index is 0.341. The monoisotopic (exact) mass is 212 g/mol. The van der Waals surface area contributed by atoms with Crippen LogP contribution in [0.4, 0.5) is 4.39 Å². The third kappa shape index (κ3) is 1.61. The largest absolute Gasteiger partial charge is 0.206 e. The fourth-order valence-corrected chi connectivity index (χ4v) is 1.43. The SMILES string of the molecule is C#Cc1c(C)cc(Br)cc1F. The van der Waals surface area contributed by atoms with Gasteiger partial charge in [-0.1, -0.05) is 21.9 Å². The van der Waals surface area contributed by atoms with Gasteiger partial charge in [-0.15, -0.1) is 6.42 Å². The minimum atomic E-state index is -0.348. The first-order chi connectivity index (χ1) is 5.15. The lowest BCUT2D eigenvalue weighted by Crippen LogP contribution is -1.87. The van der Waals surface area contributed by atoms with Crippen LogP contribution in [0, 0.1) is 25.1 Å². The average molecular weight is 213 g/mol. The summed E-state index contributed by atoms with van der Waals surface area (Å²) in [5, 5.41) is 0. The minimum Gasteiger partial charge on any atom is -0.206 e. The molecule has 0 unspecified atom stereocenters. The lowest BCUT2D eigenvalue weighted by atomic mass is 10.1.